The topological polar surface area (TPSA) is 83.1 Å². The first kappa shape index (κ1) is 29.5. The standard InChI is InChI=1S/C28H36N4O4S2/c1-7-17-31(18-8-2)38(34,35)23-14-12-22(13-15-23)27(33)32(20-19-30(9-3)10-4)28-29-25-24(36-6)16-11-21(5)26(25)37-28/h7-8,11-16H,1-2,9-10,17-20H2,3-6H3. The van der Waals surface area contributed by atoms with E-state index in [1.54, 1.807) is 24.1 Å². The van der Waals surface area contributed by atoms with Crippen LogP contribution in [0.1, 0.15) is 29.8 Å². The SMILES string of the molecule is C=CCN(CC=C)S(=O)(=O)c1ccc(C(=O)N(CCN(CC)CC)c2nc3c(OC)ccc(C)c3s2)cc1. The molecule has 0 aliphatic carbocycles. The molecular weight excluding hydrogens is 520 g/mol. The minimum absolute atomic E-state index is 0.104. The van der Waals surface area contributed by atoms with Gasteiger partial charge >= 0.3 is 0 Å². The quantitative estimate of drug-likeness (QED) is 0.261. The van der Waals surface area contributed by atoms with E-state index in [1.807, 2.05) is 19.1 Å². The minimum Gasteiger partial charge on any atom is -0.494 e. The van der Waals surface area contributed by atoms with Gasteiger partial charge in [-0.2, -0.15) is 4.31 Å². The van der Waals surface area contributed by atoms with Crippen molar-refractivity contribution in [2.45, 2.75) is 25.7 Å². The van der Waals surface area contributed by atoms with Crippen molar-refractivity contribution in [3.8, 4) is 5.75 Å². The third kappa shape index (κ3) is 6.32. The number of thiazole rings is 1. The molecule has 3 rings (SSSR count). The van der Waals surface area contributed by atoms with Crippen molar-refractivity contribution in [3.05, 3.63) is 72.8 Å². The van der Waals surface area contributed by atoms with Crippen LogP contribution in [0.2, 0.25) is 0 Å². The summed E-state index contributed by atoms with van der Waals surface area (Å²) in [5, 5.41) is 0.574. The lowest BCUT2D eigenvalue weighted by Gasteiger charge is -2.25. The van der Waals surface area contributed by atoms with Gasteiger partial charge in [-0.05, 0) is 55.9 Å². The highest BCUT2D eigenvalue weighted by Crippen LogP contribution is 2.37. The van der Waals surface area contributed by atoms with Gasteiger partial charge in [0.1, 0.15) is 11.3 Å². The fourth-order valence-corrected chi connectivity index (χ4v) is 6.53. The second-order valence-electron chi connectivity index (χ2n) is 8.67. The molecule has 0 unspecified atom stereocenters. The lowest BCUT2D eigenvalue weighted by atomic mass is 10.2. The maximum atomic E-state index is 13.8. The number of aromatic nitrogens is 1. The first-order valence-corrected chi connectivity index (χ1v) is 14.8. The number of carbonyl (C=O) groups is 1. The molecule has 0 radical (unpaired) electrons. The zero-order valence-corrected chi connectivity index (χ0v) is 24.1. The molecule has 3 aromatic rings. The molecule has 0 N–H and O–H groups in total. The van der Waals surface area contributed by atoms with Crippen molar-refractivity contribution >= 4 is 42.6 Å². The Balaban J connectivity index is 1.99. The molecule has 1 amide bonds. The Labute approximate surface area is 229 Å². The number of carbonyl (C=O) groups excluding carboxylic acids is 1. The Morgan fingerprint density at radius 3 is 2.21 bits per heavy atom. The van der Waals surface area contributed by atoms with Crippen LogP contribution in [0.3, 0.4) is 0 Å². The summed E-state index contributed by atoms with van der Waals surface area (Å²) in [6.07, 6.45) is 3.06. The zero-order chi connectivity index (χ0) is 27.9. The van der Waals surface area contributed by atoms with Crippen molar-refractivity contribution in [2.75, 3.05) is 51.3 Å². The van der Waals surface area contributed by atoms with Gasteiger partial charge in [0, 0.05) is 31.7 Å². The monoisotopic (exact) mass is 556 g/mol. The molecule has 38 heavy (non-hydrogen) atoms. The molecule has 0 fully saturated rings. The first-order chi connectivity index (χ1) is 18.2. The average molecular weight is 557 g/mol. The molecule has 0 bridgehead atoms. The van der Waals surface area contributed by atoms with Crippen molar-refractivity contribution in [1.82, 2.24) is 14.2 Å². The van der Waals surface area contributed by atoms with E-state index in [2.05, 4.69) is 31.9 Å². The Bertz CT molecular complexity index is 1370. The predicted molar refractivity (Wildman–Crippen MR) is 156 cm³/mol. The molecule has 1 aromatic heterocycles. The number of rotatable bonds is 14. The van der Waals surface area contributed by atoms with Crippen LogP contribution in [-0.2, 0) is 10.0 Å². The summed E-state index contributed by atoms with van der Waals surface area (Å²) in [6, 6.07) is 9.90. The first-order valence-electron chi connectivity index (χ1n) is 12.5. The van der Waals surface area contributed by atoms with Gasteiger partial charge in [0.15, 0.2) is 5.13 Å². The van der Waals surface area contributed by atoms with E-state index < -0.39 is 10.0 Å². The number of nitrogens with zero attached hydrogens (tertiary/aromatic N) is 4. The summed E-state index contributed by atoms with van der Waals surface area (Å²) >= 11 is 1.45. The second-order valence-corrected chi connectivity index (χ2v) is 11.6. The summed E-state index contributed by atoms with van der Waals surface area (Å²) in [4.78, 5) is 22.6. The second kappa shape index (κ2) is 13.1. The molecule has 0 saturated heterocycles. The van der Waals surface area contributed by atoms with E-state index in [1.165, 1.54) is 39.9 Å². The number of benzene rings is 2. The largest absolute Gasteiger partial charge is 0.494 e. The Morgan fingerprint density at radius 1 is 1.03 bits per heavy atom. The van der Waals surface area contributed by atoms with Gasteiger partial charge in [-0.15, -0.1) is 13.2 Å². The number of fused-ring (bicyclic) bond motifs is 1. The maximum absolute atomic E-state index is 13.8. The molecule has 0 aliphatic heterocycles. The van der Waals surface area contributed by atoms with Gasteiger partial charge in [0.05, 0.1) is 16.7 Å². The number of likely N-dealkylation sites (N-methyl/N-ethyl adjacent to an activating group) is 1. The summed E-state index contributed by atoms with van der Waals surface area (Å²) < 4.78 is 33.9. The van der Waals surface area contributed by atoms with E-state index >= 15 is 0 Å². The molecule has 1 heterocycles. The number of hydrogen-bond donors (Lipinski definition) is 0. The summed E-state index contributed by atoms with van der Waals surface area (Å²) in [5.41, 5.74) is 2.16. The Morgan fingerprint density at radius 2 is 1.66 bits per heavy atom. The molecular formula is C28H36N4O4S2. The van der Waals surface area contributed by atoms with Gasteiger partial charge in [-0.1, -0.05) is 43.4 Å². The molecule has 0 spiro atoms. The van der Waals surface area contributed by atoms with Gasteiger partial charge in [0.25, 0.3) is 5.91 Å². The lowest BCUT2D eigenvalue weighted by molar-refractivity contribution is 0.0983. The fraction of sp³-hybridized carbons (Fsp3) is 0.357. The van der Waals surface area contributed by atoms with Gasteiger partial charge < -0.3 is 9.64 Å². The third-order valence-corrected chi connectivity index (χ3v) is 9.39. The van der Waals surface area contributed by atoms with Crippen molar-refractivity contribution < 1.29 is 17.9 Å². The smallest absolute Gasteiger partial charge is 0.260 e. The number of aryl methyl sites for hydroxylation is 1. The molecule has 0 atom stereocenters. The third-order valence-electron chi connectivity index (χ3n) is 6.33. The number of anilines is 1. The van der Waals surface area contributed by atoms with E-state index in [0.29, 0.717) is 29.5 Å². The highest BCUT2D eigenvalue weighted by molar-refractivity contribution is 7.89. The van der Waals surface area contributed by atoms with Crippen LogP contribution in [-0.4, -0.2) is 74.9 Å². The predicted octanol–water partition coefficient (Wildman–Crippen LogP) is 4.96. The maximum Gasteiger partial charge on any atom is 0.260 e. The van der Waals surface area contributed by atoms with Crippen molar-refractivity contribution in [2.24, 2.45) is 0 Å². The van der Waals surface area contributed by atoms with Crippen molar-refractivity contribution in [3.63, 3.8) is 0 Å². The summed E-state index contributed by atoms with van der Waals surface area (Å²) in [6.45, 7) is 16.6. The lowest BCUT2D eigenvalue weighted by Crippen LogP contribution is -2.39. The Kier molecular flexibility index (Phi) is 10.2. The van der Waals surface area contributed by atoms with Crippen LogP contribution in [0.5, 0.6) is 5.75 Å². The van der Waals surface area contributed by atoms with Crippen LogP contribution in [0.25, 0.3) is 10.2 Å². The highest BCUT2D eigenvalue weighted by atomic mass is 32.2. The molecule has 0 saturated carbocycles. The fourth-order valence-electron chi connectivity index (χ4n) is 4.08. The highest BCUT2D eigenvalue weighted by Gasteiger charge is 2.26. The van der Waals surface area contributed by atoms with Crippen LogP contribution in [0, 0.1) is 6.92 Å². The van der Waals surface area contributed by atoms with E-state index in [-0.39, 0.29) is 23.9 Å². The van der Waals surface area contributed by atoms with E-state index in [4.69, 9.17) is 9.72 Å². The van der Waals surface area contributed by atoms with Gasteiger partial charge in [0.2, 0.25) is 10.0 Å². The number of hydrogen-bond acceptors (Lipinski definition) is 7. The molecule has 2 aromatic carbocycles. The van der Waals surface area contributed by atoms with E-state index in [0.717, 1.165) is 28.9 Å². The van der Waals surface area contributed by atoms with Crippen LogP contribution >= 0.6 is 11.3 Å². The Hall–Kier alpha value is -3.05. The molecule has 10 heteroatoms. The number of amides is 1. The molecule has 8 nitrogen and oxygen atoms in total. The average Bonchev–Trinajstić information content (AvgIpc) is 3.37. The van der Waals surface area contributed by atoms with Crippen molar-refractivity contribution in [1.29, 1.82) is 0 Å². The summed E-state index contributed by atoms with van der Waals surface area (Å²) in [7, 11) is -2.16. The normalized spacial score (nSPS) is 11.7. The van der Waals surface area contributed by atoms with E-state index in [9.17, 15) is 13.2 Å². The molecule has 0 aliphatic rings. The van der Waals surface area contributed by atoms with Gasteiger partial charge in [-0.3, -0.25) is 9.69 Å². The zero-order valence-electron chi connectivity index (χ0n) is 22.5. The van der Waals surface area contributed by atoms with Crippen LogP contribution < -0.4 is 9.64 Å². The van der Waals surface area contributed by atoms with Gasteiger partial charge in [-0.25, -0.2) is 13.4 Å². The number of methoxy groups -OCH3 is 1. The number of sulfonamides is 1. The summed E-state index contributed by atoms with van der Waals surface area (Å²) in [5.74, 6) is 0.410. The minimum atomic E-state index is -3.76. The number of ether oxygens (including phenoxy) is 1. The van der Waals surface area contributed by atoms with Crippen LogP contribution in [0.15, 0.2) is 66.6 Å². The molecule has 204 valence electrons. The van der Waals surface area contributed by atoms with Crippen LogP contribution in [0.4, 0.5) is 5.13 Å².